The number of nitrogen functional groups attached to an aromatic ring is 1. The van der Waals surface area contributed by atoms with E-state index in [0.29, 0.717) is 5.82 Å². The van der Waals surface area contributed by atoms with Crippen molar-refractivity contribution in [2.24, 2.45) is 5.41 Å². The predicted molar refractivity (Wildman–Crippen MR) is 88.9 cm³/mol. The van der Waals surface area contributed by atoms with E-state index in [0.717, 1.165) is 36.9 Å². The molecule has 0 aromatic carbocycles. The third-order valence-electron chi connectivity index (χ3n) is 3.86. The zero-order valence-corrected chi connectivity index (χ0v) is 14.8. The summed E-state index contributed by atoms with van der Waals surface area (Å²) < 4.78 is 7.64. The number of aromatic nitrogens is 2. The number of nitrogens with zero attached hydrogens (tertiary/aromatic N) is 4. The average Bonchev–Trinajstić information content (AvgIpc) is 2.30. The van der Waals surface area contributed by atoms with E-state index in [1.54, 1.807) is 23.0 Å². The van der Waals surface area contributed by atoms with Crippen molar-refractivity contribution in [3.8, 4) is 0 Å². The number of ether oxygens (including phenoxy) is 1. The lowest BCUT2D eigenvalue weighted by atomic mass is 9.75. The molecule has 1 spiro atoms. The molecule has 0 unspecified atom stereocenters. The zero-order chi connectivity index (χ0) is 16.8. The van der Waals surface area contributed by atoms with Crippen LogP contribution in [0.15, 0.2) is 11.2 Å². The number of carbonyl (C=O) groups is 1. The molecule has 2 aliphatic rings. The second-order valence-corrected chi connectivity index (χ2v) is 8.50. The molecule has 0 radical (unpaired) electrons. The summed E-state index contributed by atoms with van der Waals surface area (Å²) in [7, 11) is 0. The summed E-state index contributed by atoms with van der Waals surface area (Å²) in [5.74, 6) is 0.443. The maximum Gasteiger partial charge on any atom is 0.410 e. The molecule has 23 heavy (non-hydrogen) atoms. The van der Waals surface area contributed by atoms with Gasteiger partial charge in [0.25, 0.3) is 0 Å². The third-order valence-corrected chi connectivity index (χ3v) is 4.95. The second kappa shape index (κ2) is 5.52. The fraction of sp³-hybridized carbons (Fsp3) is 0.667. The van der Waals surface area contributed by atoms with Crippen LogP contribution in [0.5, 0.6) is 0 Å². The van der Waals surface area contributed by atoms with Gasteiger partial charge in [-0.05, 0) is 39.6 Å². The standard InChI is InChI=1S/C15H23N5O2S/c1-10-12(17-5-11(16)18-10)23-20-8-15(9-20)6-19(7-15)13(21)22-14(2,3)4/h5H,6-9H2,1-4H3,(H2,16,18). The normalized spacial score (nSPS) is 20.1. The summed E-state index contributed by atoms with van der Waals surface area (Å²) in [4.78, 5) is 22.3. The first kappa shape index (κ1) is 16.3. The molecule has 1 aromatic rings. The maximum absolute atomic E-state index is 12.0. The molecular formula is C15H23N5O2S. The molecule has 3 heterocycles. The van der Waals surface area contributed by atoms with Gasteiger partial charge < -0.3 is 15.4 Å². The molecule has 2 aliphatic heterocycles. The van der Waals surface area contributed by atoms with Gasteiger partial charge in [0.1, 0.15) is 16.4 Å². The van der Waals surface area contributed by atoms with E-state index < -0.39 is 5.60 Å². The summed E-state index contributed by atoms with van der Waals surface area (Å²) in [6.45, 7) is 11.0. The first-order valence-electron chi connectivity index (χ1n) is 7.66. The van der Waals surface area contributed by atoms with Crippen LogP contribution in [0.25, 0.3) is 0 Å². The monoisotopic (exact) mass is 337 g/mol. The van der Waals surface area contributed by atoms with Gasteiger partial charge in [-0.2, -0.15) is 0 Å². The largest absolute Gasteiger partial charge is 0.444 e. The van der Waals surface area contributed by atoms with Gasteiger partial charge in [0.15, 0.2) is 0 Å². The van der Waals surface area contributed by atoms with Gasteiger partial charge in [-0.15, -0.1) is 0 Å². The van der Waals surface area contributed by atoms with Crippen molar-refractivity contribution in [3.05, 3.63) is 11.9 Å². The highest BCUT2D eigenvalue weighted by molar-refractivity contribution is 7.97. The molecule has 126 valence electrons. The first-order chi connectivity index (χ1) is 10.7. The second-order valence-electron chi connectivity index (χ2n) is 7.41. The summed E-state index contributed by atoms with van der Waals surface area (Å²) in [5.41, 5.74) is 6.25. The molecule has 0 saturated carbocycles. The lowest BCUT2D eigenvalue weighted by Gasteiger charge is -2.59. The lowest BCUT2D eigenvalue weighted by molar-refractivity contribution is -0.0812. The molecule has 1 amide bonds. The minimum Gasteiger partial charge on any atom is -0.444 e. The van der Waals surface area contributed by atoms with E-state index in [1.165, 1.54) is 0 Å². The van der Waals surface area contributed by atoms with Gasteiger partial charge in [0, 0.05) is 31.6 Å². The summed E-state index contributed by atoms with van der Waals surface area (Å²) >= 11 is 1.61. The number of aryl methyl sites for hydroxylation is 1. The van der Waals surface area contributed by atoms with E-state index >= 15 is 0 Å². The predicted octanol–water partition coefficient (Wildman–Crippen LogP) is 1.93. The van der Waals surface area contributed by atoms with Crippen molar-refractivity contribution in [2.45, 2.75) is 38.3 Å². The van der Waals surface area contributed by atoms with Gasteiger partial charge in [-0.3, -0.25) is 0 Å². The van der Waals surface area contributed by atoms with E-state index in [-0.39, 0.29) is 11.5 Å². The highest BCUT2D eigenvalue weighted by Gasteiger charge is 2.54. The van der Waals surface area contributed by atoms with Gasteiger partial charge in [0.05, 0.1) is 11.9 Å². The molecule has 0 bridgehead atoms. The van der Waals surface area contributed by atoms with Crippen LogP contribution in [0.2, 0.25) is 0 Å². The molecule has 3 rings (SSSR count). The Morgan fingerprint density at radius 1 is 1.35 bits per heavy atom. The highest BCUT2D eigenvalue weighted by atomic mass is 32.2. The number of likely N-dealkylation sites (tertiary alicyclic amines) is 1. The lowest BCUT2D eigenvalue weighted by Crippen LogP contribution is -2.71. The average molecular weight is 337 g/mol. The Labute approximate surface area is 140 Å². The third kappa shape index (κ3) is 3.53. The fourth-order valence-corrected chi connectivity index (χ4v) is 4.08. The van der Waals surface area contributed by atoms with Crippen LogP contribution in [-0.2, 0) is 4.74 Å². The van der Waals surface area contributed by atoms with E-state index in [1.807, 2.05) is 27.7 Å². The van der Waals surface area contributed by atoms with Crippen molar-refractivity contribution >= 4 is 23.9 Å². The van der Waals surface area contributed by atoms with Gasteiger partial charge in [-0.25, -0.2) is 19.1 Å². The Hall–Kier alpha value is -1.54. The molecule has 0 aliphatic carbocycles. The van der Waals surface area contributed by atoms with Crippen LogP contribution in [0, 0.1) is 12.3 Å². The molecule has 8 heteroatoms. The molecule has 2 fully saturated rings. The molecule has 7 nitrogen and oxygen atoms in total. The molecule has 0 atom stereocenters. The van der Waals surface area contributed by atoms with Crippen molar-refractivity contribution in [1.29, 1.82) is 0 Å². The number of amides is 1. The quantitative estimate of drug-likeness (QED) is 0.825. The van der Waals surface area contributed by atoms with Crippen LogP contribution < -0.4 is 5.73 Å². The van der Waals surface area contributed by atoms with Crippen LogP contribution in [0.4, 0.5) is 10.6 Å². The van der Waals surface area contributed by atoms with E-state index in [4.69, 9.17) is 10.5 Å². The Morgan fingerprint density at radius 2 is 2.00 bits per heavy atom. The van der Waals surface area contributed by atoms with Gasteiger partial charge in [-0.1, -0.05) is 0 Å². The number of carbonyl (C=O) groups excluding carboxylic acids is 1. The first-order valence-corrected chi connectivity index (χ1v) is 8.43. The number of anilines is 1. The maximum atomic E-state index is 12.0. The Bertz CT molecular complexity index is 617. The number of hydrogen-bond acceptors (Lipinski definition) is 7. The van der Waals surface area contributed by atoms with Gasteiger partial charge >= 0.3 is 6.09 Å². The number of hydrogen-bond donors (Lipinski definition) is 1. The molecular weight excluding hydrogens is 314 g/mol. The van der Waals surface area contributed by atoms with E-state index in [9.17, 15) is 4.79 Å². The van der Waals surface area contributed by atoms with Crippen LogP contribution in [0.3, 0.4) is 0 Å². The van der Waals surface area contributed by atoms with Crippen molar-refractivity contribution in [3.63, 3.8) is 0 Å². The zero-order valence-electron chi connectivity index (χ0n) is 14.0. The Morgan fingerprint density at radius 3 is 2.57 bits per heavy atom. The fourth-order valence-electron chi connectivity index (χ4n) is 2.89. The van der Waals surface area contributed by atoms with Crippen molar-refractivity contribution in [2.75, 3.05) is 31.9 Å². The summed E-state index contributed by atoms with van der Waals surface area (Å²) in [5, 5.41) is 0.886. The minimum absolute atomic E-state index is 0.213. The number of rotatable bonds is 2. The Balaban J connectivity index is 1.46. The van der Waals surface area contributed by atoms with Crippen LogP contribution in [-0.4, -0.2) is 57.0 Å². The smallest absolute Gasteiger partial charge is 0.410 e. The summed E-state index contributed by atoms with van der Waals surface area (Å²) in [6.07, 6.45) is 1.37. The minimum atomic E-state index is -0.438. The molecule has 1 aromatic heterocycles. The number of nitrogens with two attached hydrogens (primary N) is 1. The molecule has 2 saturated heterocycles. The van der Waals surface area contributed by atoms with Gasteiger partial charge in [0.2, 0.25) is 0 Å². The topological polar surface area (TPSA) is 84.6 Å². The SMILES string of the molecule is Cc1nc(N)cnc1SN1CC2(C1)CN(C(=O)OC(C)(C)C)C2. The van der Waals surface area contributed by atoms with Crippen LogP contribution in [0.1, 0.15) is 26.5 Å². The van der Waals surface area contributed by atoms with E-state index in [2.05, 4.69) is 14.3 Å². The van der Waals surface area contributed by atoms with Crippen molar-refractivity contribution < 1.29 is 9.53 Å². The molecule has 2 N–H and O–H groups in total. The van der Waals surface area contributed by atoms with Crippen LogP contribution >= 0.6 is 11.9 Å². The Kier molecular flexibility index (Phi) is 3.92. The highest BCUT2D eigenvalue weighted by Crippen LogP contribution is 2.44. The summed E-state index contributed by atoms with van der Waals surface area (Å²) in [6, 6.07) is 0. The van der Waals surface area contributed by atoms with Crippen molar-refractivity contribution in [1.82, 2.24) is 19.2 Å².